The number of nitrogens with zero attached hydrogens (tertiary/aromatic N) is 1. The van der Waals surface area contributed by atoms with Crippen molar-refractivity contribution in [3.63, 3.8) is 0 Å². The first-order valence-electron chi connectivity index (χ1n) is 11.4. The van der Waals surface area contributed by atoms with Gasteiger partial charge in [-0.25, -0.2) is 9.79 Å². The van der Waals surface area contributed by atoms with E-state index in [1.54, 1.807) is 18.2 Å². The predicted octanol–water partition coefficient (Wildman–Crippen LogP) is 1.96. The van der Waals surface area contributed by atoms with Crippen LogP contribution < -0.4 is 32.4 Å². The zero-order chi connectivity index (χ0) is 28.8. The van der Waals surface area contributed by atoms with Crippen LogP contribution in [0.1, 0.15) is 10.4 Å². The monoisotopic (exact) mass is 558 g/mol. The van der Waals surface area contributed by atoms with Crippen LogP contribution in [0.25, 0.3) is 10.8 Å². The molecule has 0 aliphatic heterocycles. The van der Waals surface area contributed by atoms with Crippen LogP contribution in [0.2, 0.25) is 0 Å². The first-order valence-corrected chi connectivity index (χ1v) is 12.9. The molecule has 12 nitrogen and oxygen atoms in total. The van der Waals surface area contributed by atoms with Crippen molar-refractivity contribution in [2.24, 2.45) is 4.99 Å². The number of phenols is 1. The Bertz CT molecular complexity index is 2260. The normalized spacial score (nSPS) is 12.1. The van der Waals surface area contributed by atoms with Crippen molar-refractivity contribution in [2.45, 2.75) is 4.90 Å². The number of aromatic carboxylic acids is 1. The summed E-state index contributed by atoms with van der Waals surface area (Å²) in [5, 5.41) is 25.5. The van der Waals surface area contributed by atoms with E-state index in [9.17, 15) is 37.6 Å². The molecule has 2 aliphatic rings. The number of anilines is 2. The van der Waals surface area contributed by atoms with Crippen molar-refractivity contribution >= 4 is 43.9 Å². The number of fused-ring (bicyclic) bond motifs is 1. The molecule has 0 heterocycles. The van der Waals surface area contributed by atoms with Crippen LogP contribution >= 0.6 is 0 Å². The van der Waals surface area contributed by atoms with E-state index >= 15 is 0 Å². The van der Waals surface area contributed by atoms with Gasteiger partial charge in [-0.05, 0) is 42.5 Å². The molecule has 2 aliphatic carbocycles. The van der Waals surface area contributed by atoms with E-state index in [1.807, 2.05) is 0 Å². The Morgan fingerprint density at radius 1 is 0.825 bits per heavy atom. The number of nitrogens with one attached hydrogen (secondary N) is 3. The third-order valence-electron chi connectivity index (χ3n) is 6.09. The van der Waals surface area contributed by atoms with Crippen molar-refractivity contribution in [1.82, 2.24) is 0 Å². The largest absolute Gasteiger partial charge is 0.507 e. The van der Waals surface area contributed by atoms with E-state index in [2.05, 4.69) is 15.8 Å². The van der Waals surface area contributed by atoms with Gasteiger partial charge in [0.25, 0.3) is 10.1 Å². The second-order valence-corrected chi connectivity index (χ2v) is 10.0. The molecular formula is C27H18N4O8S. The lowest BCUT2D eigenvalue weighted by Crippen LogP contribution is -2.32. The molecule has 3 aromatic carbocycles. The van der Waals surface area contributed by atoms with Crippen LogP contribution in [0.3, 0.4) is 0 Å². The van der Waals surface area contributed by atoms with E-state index in [1.165, 1.54) is 48.5 Å². The molecule has 13 heteroatoms. The Balaban J connectivity index is 1.69. The van der Waals surface area contributed by atoms with Crippen molar-refractivity contribution in [3.05, 3.63) is 120 Å². The zero-order valence-corrected chi connectivity index (χ0v) is 21.0. The minimum atomic E-state index is -4.95. The first-order chi connectivity index (χ1) is 19.0. The number of aromatic hydroxyl groups is 1. The average molecular weight is 559 g/mol. The fraction of sp³-hybridized carbons (Fsp3) is 0. The zero-order valence-electron chi connectivity index (χ0n) is 20.2. The van der Waals surface area contributed by atoms with Gasteiger partial charge >= 0.3 is 5.97 Å². The molecule has 3 aromatic rings. The predicted molar refractivity (Wildman–Crippen MR) is 144 cm³/mol. The number of carboxylic acids is 1. The molecule has 0 radical (unpaired) electrons. The van der Waals surface area contributed by atoms with Crippen molar-refractivity contribution < 1.29 is 28.0 Å². The molecule has 0 spiro atoms. The van der Waals surface area contributed by atoms with Gasteiger partial charge in [-0.2, -0.15) is 8.42 Å². The summed E-state index contributed by atoms with van der Waals surface area (Å²) in [7, 11) is -4.95. The quantitative estimate of drug-likeness (QED) is 0.101. The van der Waals surface area contributed by atoms with E-state index in [-0.39, 0.29) is 32.6 Å². The second-order valence-electron chi connectivity index (χ2n) is 8.65. The number of benzene rings is 3. The van der Waals surface area contributed by atoms with Crippen LogP contribution in [0.4, 0.5) is 17.1 Å². The van der Waals surface area contributed by atoms with E-state index in [0.29, 0.717) is 11.4 Å². The lowest BCUT2D eigenvalue weighted by molar-refractivity contribution is 0.0693. The van der Waals surface area contributed by atoms with Crippen molar-refractivity contribution in [1.29, 1.82) is 5.41 Å². The molecule has 0 unspecified atom stereocenters. The van der Waals surface area contributed by atoms with Crippen molar-refractivity contribution in [3.8, 4) is 5.75 Å². The van der Waals surface area contributed by atoms with E-state index in [0.717, 1.165) is 6.07 Å². The molecule has 0 bridgehead atoms. The molecule has 0 fully saturated rings. The Labute approximate surface area is 223 Å². The molecule has 0 saturated heterocycles. The van der Waals surface area contributed by atoms with Crippen molar-refractivity contribution in [2.75, 3.05) is 10.9 Å². The van der Waals surface area contributed by atoms with Gasteiger partial charge in [-0.15, -0.1) is 0 Å². The van der Waals surface area contributed by atoms with Gasteiger partial charge in [0.05, 0.1) is 38.2 Å². The fourth-order valence-corrected chi connectivity index (χ4v) is 4.88. The summed E-state index contributed by atoms with van der Waals surface area (Å²) >= 11 is 0. The molecule has 0 saturated carbocycles. The highest BCUT2D eigenvalue weighted by Crippen LogP contribution is 2.23. The summed E-state index contributed by atoms with van der Waals surface area (Å²) < 4.78 is 33.9. The molecule has 0 aromatic heterocycles. The summed E-state index contributed by atoms with van der Waals surface area (Å²) in [4.78, 5) is 41.4. The fourth-order valence-electron chi connectivity index (χ4n) is 4.26. The number of carboxylic acid groups (broad SMARTS) is 1. The average Bonchev–Trinajstić information content (AvgIpc) is 2.91. The minimum Gasteiger partial charge on any atom is -0.507 e. The maximum Gasteiger partial charge on any atom is 0.339 e. The number of hydrogen-bond acceptors (Lipinski definition) is 10. The SMILES string of the molecule is N=c1c(S(=O)(=O)O)cc(=Nc2cccc(NNc3ccc(O)c(C(=O)O)c3)c2)c2c(=O)c3ccccc3c(=O)c1=2. The number of hydrogen-bond donors (Lipinski definition) is 6. The van der Waals surface area contributed by atoms with Crippen LogP contribution in [-0.4, -0.2) is 29.2 Å². The minimum absolute atomic E-state index is 0.00416. The Morgan fingerprint density at radius 2 is 1.45 bits per heavy atom. The van der Waals surface area contributed by atoms with Gasteiger partial charge < -0.3 is 21.1 Å². The molecule has 0 amide bonds. The van der Waals surface area contributed by atoms with Crippen LogP contribution in [0, 0.1) is 15.8 Å². The Morgan fingerprint density at radius 3 is 2.08 bits per heavy atom. The summed E-state index contributed by atoms with van der Waals surface area (Å²) in [5.41, 5.74) is 4.88. The maximum absolute atomic E-state index is 13.4. The standard InChI is InChI=1S/C27H18N4O8S/c28-24-21(40(37,38)39)12-19(22-23(24)26(34)17-7-2-1-6-16(17)25(22)33)29-13-4-3-5-14(10-13)30-31-15-8-9-20(32)18(11-15)27(35)36/h1-12,28,30-32H,(H,35,36)(H,37,38,39). The smallest absolute Gasteiger partial charge is 0.339 e. The molecule has 0 atom stereocenters. The summed E-state index contributed by atoms with van der Waals surface area (Å²) in [6.07, 6.45) is 0. The first kappa shape index (κ1) is 26.2. The Kier molecular flexibility index (Phi) is 6.37. The van der Waals surface area contributed by atoms with Gasteiger partial charge in [-0.1, -0.05) is 30.3 Å². The molecule has 6 N–H and O–H groups in total. The van der Waals surface area contributed by atoms with Gasteiger partial charge in [0.15, 0.2) is 10.9 Å². The van der Waals surface area contributed by atoms with E-state index < -0.39 is 48.2 Å². The molecule has 200 valence electrons. The highest BCUT2D eigenvalue weighted by Gasteiger charge is 2.19. The van der Waals surface area contributed by atoms with Crippen LogP contribution in [0.15, 0.2) is 92.3 Å². The topological polar surface area (TPSA) is 206 Å². The third kappa shape index (κ3) is 4.66. The molecular weight excluding hydrogens is 540 g/mol. The third-order valence-corrected chi connectivity index (χ3v) is 6.97. The highest BCUT2D eigenvalue weighted by molar-refractivity contribution is 7.85. The summed E-state index contributed by atoms with van der Waals surface area (Å²) in [6.45, 7) is 0. The van der Waals surface area contributed by atoms with E-state index in [4.69, 9.17) is 5.41 Å². The van der Waals surface area contributed by atoms with Gasteiger partial charge in [-0.3, -0.25) is 19.6 Å². The second kappa shape index (κ2) is 9.72. The van der Waals surface area contributed by atoms with Crippen LogP contribution in [-0.2, 0) is 10.1 Å². The lowest BCUT2D eigenvalue weighted by atomic mass is 10.0. The maximum atomic E-state index is 13.4. The highest BCUT2D eigenvalue weighted by atomic mass is 32.2. The van der Waals surface area contributed by atoms with Gasteiger partial charge in [0.2, 0.25) is 0 Å². The van der Waals surface area contributed by atoms with Gasteiger partial charge in [0.1, 0.15) is 16.2 Å². The van der Waals surface area contributed by atoms with Gasteiger partial charge in [0, 0.05) is 10.8 Å². The molecule has 40 heavy (non-hydrogen) atoms. The number of rotatable bonds is 6. The number of carbonyl (C=O) groups is 1. The Hall–Kier alpha value is -5.40. The number of hydrazine groups is 1. The lowest BCUT2D eigenvalue weighted by Gasteiger charge is -2.11. The molecule has 5 rings (SSSR count). The summed E-state index contributed by atoms with van der Waals surface area (Å²) in [5.74, 6) is -1.72. The summed E-state index contributed by atoms with van der Waals surface area (Å²) in [6, 6.07) is 16.9. The van der Waals surface area contributed by atoms with Crippen LogP contribution in [0.5, 0.6) is 5.75 Å².